The van der Waals surface area contributed by atoms with Crippen molar-refractivity contribution in [2.45, 2.75) is 26.2 Å². The van der Waals surface area contributed by atoms with Crippen molar-refractivity contribution in [3.63, 3.8) is 0 Å². The maximum absolute atomic E-state index is 12.3. The van der Waals surface area contributed by atoms with Crippen molar-refractivity contribution in [3.8, 4) is 11.5 Å². The number of carbonyl (C=O) groups is 1. The number of benzene rings is 1. The second kappa shape index (κ2) is 7.63. The Morgan fingerprint density at radius 1 is 1.17 bits per heavy atom. The molecule has 0 unspecified atom stereocenters. The molecule has 0 bridgehead atoms. The molecule has 1 aromatic carbocycles. The molecular formula is C17H20N4O3. The fourth-order valence-electron chi connectivity index (χ4n) is 2.34. The molecule has 2 aromatic rings. The maximum atomic E-state index is 12.3. The summed E-state index contributed by atoms with van der Waals surface area (Å²) in [7, 11) is 0. The Morgan fingerprint density at radius 2 is 2.04 bits per heavy atom. The summed E-state index contributed by atoms with van der Waals surface area (Å²) in [6.45, 7) is 3.18. The van der Waals surface area contributed by atoms with Crippen LogP contribution in [0.2, 0.25) is 0 Å². The highest BCUT2D eigenvalue weighted by Crippen LogP contribution is 2.34. The van der Waals surface area contributed by atoms with Gasteiger partial charge >= 0.3 is 0 Å². The van der Waals surface area contributed by atoms with Crippen LogP contribution in [0.5, 0.6) is 11.5 Å². The Labute approximate surface area is 140 Å². The summed E-state index contributed by atoms with van der Waals surface area (Å²) < 4.78 is 10.6. The lowest BCUT2D eigenvalue weighted by Crippen LogP contribution is -2.15. The van der Waals surface area contributed by atoms with E-state index in [-0.39, 0.29) is 12.7 Å². The van der Waals surface area contributed by atoms with Crippen LogP contribution in [0.25, 0.3) is 0 Å². The van der Waals surface area contributed by atoms with Gasteiger partial charge in [0.2, 0.25) is 6.79 Å². The van der Waals surface area contributed by atoms with Crippen molar-refractivity contribution in [2.75, 3.05) is 24.0 Å². The molecule has 0 aliphatic carbocycles. The Morgan fingerprint density at radius 3 is 2.92 bits per heavy atom. The normalized spacial score (nSPS) is 12.0. The van der Waals surface area contributed by atoms with Crippen LogP contribution in [-0.2, 0) is 0 Å². The zero-order valence-electron chi connectivity index (χ0n) is 13.5. The standard InChI is InChI=1S/C17H20N4O3/c1-2-3-4-7-18-16-9-13(19-10-20-16)17(22)21-12-5-6-14-15(8-12)24-11-23-14/h5-6,8-10H,2-4,7,11H2,1H3,(H,21,22)(H,18,19,20). The first-order valence-electron chi connectivity index (χ1n) is 8.03. The largest absolute Gasteiger partial charge is 0.454 e. The molecule has 1 aliphatic rings. The summed E-state index contributed by atoms with van der Waals surface area (Å²) in [6.07, 6.45) is 4.78. The molecule has 7 nitrogen and oxygen atoms in total. The van der Waals surface area contributed by atoms with Crippen molar-refractivity contribution < 1.29 is 14.3 Å². The predicted octanol–water partition coefficient (Wildman–Crippen LogP) is 3.06. The monoisotopic (exact) mass is 328 g/mol. The van der Waals surface area contributed by atoms with Gasteiger partial charge in [-0.25, -0.2) is 9.97 Å². The molecule has 0 radical (unpaired) electrons. The number of unbranched alkanes of at least 4 members (excludes halogenated alkanes) is 2. The van der Waals surface area contributed by atoms with Crippen molar-refractivity contribution in [1.82, 2.24) is 9.97 Å². The van der Waals surface area contributed by atoms with Gasteiger partial charge < -0.3 is 20.1 Å². The van der Waals surface area contributed by atoms with Crippen LogP contribution in [0.4, 0.5) is 11.5 Å². The van der Waals surface area contributed by atoms with E-state index in [9.17, 15) is 4.79 Å². The number of carbonyl (C=O) groups excluding carboxylic acids is 1. The fraction of sp³-hybridized carbons (Fsp3) is 0.353. The quantitative estimate of drug-likeness (QED) is 0.760. The highest BCUT2D eigenvalue weighted by molar-refractivity contribution is 6.03. The van der Waals surface area contributed by atoms with Crippen LogP contribution in [-0.4, -0.2) is 29.2 Å². The summed E-state index contributed by atoms with van der Waals surface area (Å²) in [5, 5.41) is 6.00. The van der Waals surface area contributed by atoms with Gasteiger partial charge in [-0.1, -0.05) is 19.8 Å². The minimum Gasteiger partial charge on any atom is -0.454 e. The molecule has 0 saturated carbocycles. The zero-order chi connectivity index (χ0) is 16.8. The molecule has 7 heteroatoms. The average molecular weight is 328 g/mol. The smallest absolute Gasteiger partial charge is 0.274 e. The van der Waals surface area contributed by atoms with E-state index in [1.165, 1.54) is 6.33 Å². The molecule has 3 rings (SSSR count). The number of nitrogens with zero attached hydrogens (tertiary/aromatic N) is 2. The lowest BCUT2D eigenvalue weighted by molar-refractivity contribution is 0.102. The average Bonchev–Trinajstić information content (AvgIpc) is 3.07. The van der Waals surface area contributed by atoms with E-state index in [1.807, 2.05) is 0 Å². The molecule has 126 valence electrons. The molecule has 0 spiro atoms. The van der Waals surface area contributed by atoms with Crippen LogP contribution in [0.1, 0.15) is 36.7 Å². The molecule has 2 N–H and O–H groups in total. The van der Waals surface area contributed by atoms with Crippen molar-refractivity contribution in [3.05, 3.63) is 36.3 Å². The Balaban J connectivity index is 1.62. The lowest BCUT2D eigenvalue weighted by Gasteiger charge is -2.08. The number of aromatic nitrogens is 2. The first kappa shape index (κ1) is 16.0. The molecular weight excluding hydrogens is 308 g/mol. The zero-order valence-corrected chi connectivity index (χ0v) is 13.5. The van der Waals surface area contributed by atoms with Gasteiger partial charge in [0.25, 0.3) is 5.91 Å². The van der Waals surface area contributed by atoms with E-state index in [2.05, 4.69) is 27.5 Å². The first-order valence-corrected chi connectivity index (χ1v) is 8.03. The molecule has 0 atom stereocenters. The number of hydrogen-bond acceptors (Lipinski definition) is 6. The van der Waals surface area contributed by atoms with Gasteiger partial charge in [0, 0.05) is 24.4 Å². The summed E-state index contributed by atoms with van der Waals surface area (Å²) in [5.74, 6) is 1.65. The van der Waals surface area contributed by atoms with Gasteiger partial charge in [-0.15, -0.1) is 0 Å². The van der Waals surface area contributed by atoms with E-state index < -0.39 is 0 Å². The molecule has 24 heavy (non-hydrogen) atoms. The maximum Gasteiger partial charge on any atom is 0.274 e. The highest BCUT2D eigenvalue weighted by Gasteiger charge is 2.15. The second-order valence-electron chi connectivity index (χ2n) is 5.44. The molecule has 0 saturated heterocycles. The molecule has 1 aromatic heterocycles. The third-order valence-electron chi connectivity index (χ3n) is 3.62. The summed E-state index contributed by atoms with van der Waals surface area (Å²) in [5.41, 5.74) is 0.931. The summed E-state index contributed by atoms with van der Waals surface area (Å²) in [4.78, 5) is 20.5. The van der Waals surface area contributed by atoms with Crippen molar-refractivity contribution in [1.29, 1.82) is 0 Å². The molecule has 1 amide bonds. The first-order chi connectivity index (χ1) is 11.8. The number of rotatable bonds is 7. The predicted molar refractivity (Wildman–Crippen MR) is 90.6 cm³/mol. The van der Waals surface area contributed by atoms with Gasteiger partial charge in [0.1, 0.15) is 17.8 Å². The van der Waals surface area contributed by atoms with Crippen LogP contribution in [0.15, 0.2) is 30.6 Å². The van der Waals surface area contributed by atoms with Crippen LogP contribution in [0.3, 0.4) is 0 Å². The number of hydrogen-bond donors (Lipinski definition) is 2. The van der Waals surface area contributed by atoms with E-state index in [0.717, 1.165) is 25.8 Å². The summed E-state index contributed by atoms with van der Waals surface area (Å²) in [6, 6.07) is 6.90. The summed E-state index contributed by atoms with van der Waals surface area (Å²) >= 11 is 0. The second-order valence-corrected chi connectivity index (χ2v) is 5.44. The van der Waals surface area contributed by atoms with Gasteiger partial charge in [0.15, 0.2) is 11.5 Å². The fourth-order valence-corrected chi connectivity index (χ4v) is 2.34. The Hall–Kier alpha value is -2.83. The molecule has 2 heterocycles. The SMILES string of the molecule is CCCCCNc1cc(C(=O)Nc2ccc3c(c2)OCO3)ncn1. The molecule has 0 fully saturated rings. The highest BCUT2D eigenvalue weighted by atomic mass is 16.7. The minimum atomic E-state index is -0.298. The number of fused-ring (bicyclic) bond motifs is 1. The van der Waals surface area contributed by atoms with E-state index in [4.69, 9.17) is 9.47 Å². The van der Waals surface area contributed by atoms with Crippen LogP contribution in [0, 0.1) is 0 Å². The number of ether oxygens (including phenoxy) is 2. The van der Waals surface area contributed by atoms with Gasteiger partial charge in [-0.05, 0) is 18.6 Å². The van der Waals surface area contributed by atoms with E-state index >= 15 is 0 Å². The number of nitrogens with one attached hydrogen (secondary N) is 2. The van der Waals surface area contributed by atoms with Crippen molar-refractivity contribution >= 4 is 17.4 Å². The Kier molecular flexibility index (Phi) is 5.10. The van der Waals surface area contributed by atoms with Crippen molar-refractivity contribution in [2.24, 2.45) is 0 Å². The number of amides is 1. The third-order valence-corrected chi connectivity index (χ3v) is 3.62. The topological polar surface area (TPSA) is 85.4 Å². The number of anilines is 2. The molecule has 1 aliphatic heterocycles. The lowest BCUT2D eigenvalue weighted by atomic mass is 10.2. The van der Waals surface area contributed by atoms with Crippen LogP contribution >= 0.6 is 0 Å². The van der Waals surface area contributed by atoms with E-state index in [0.29, 0.717) is 28.7 Å². The minimum absolute atomic E-state index is 0.200. The third kappa shape index (κ3) is 3.92. The van der Waals surface area contributed by atoms with Gasteiger partial charge in [0.05, 0.1) is 0 Å². The van der Waals surface area contributed by atoms with E-state index in [1.54, 1.807) is 24.3 Å². The Bertz CT molecular complexity index is 721. The van der Waals surface area contributed by atoms with Crippen LogP contribution < -0.4 is 20.1 Å². The van der Waals surface area contributed by atoms with Gasteiger partial charge in [-0.2, -0.15) is 0 Å². The van der Waals surface area contributed by atoms with Gasteiger partial charge in [-0.3, -0.25) is 4.79 Å².